The molecule has 0 bridgehead atoms. The van der Waals surface area contributed by atoms with Crippen molar-refractivity contribution in [3.63, 3.8) is 0 Å². The Kier molecular flexibility index (Phi) is 6.68. The van der Waals surface area contributed by atoms with Crippen molar-refractivity contribution >= 4 is 17.7 Å². The maximum Gasteiger partial charge on any atom is 0.309 e. The van der Waals surface area contributed by atoms with Crippen LogP contribution in [0.2, 0.25) is 0 Å². The molecule has 0 atom stereocenters. The van der Waals surface area contributed by atoms with Crippen LogP contribution in [0, 0.1) is 25.2 Å². The Morgan fingerprint density at radius 3 is 2.23 bits per heavy atom. The molecule has 0 saturated carbocycles. The van der Waals surface area contributed by atoms with Gasteiger partial charge in [-0.3, -0.25) is 14.4 Å². The number of carbonyl (C=O) groups is 3. The molecule has 3 rings (SSSR count). The Labute approximate surface area is 184 Å². The summed E-state index contributed by atoms with van der Waals surface area (Å²) < 4.78 is 7.39. The molecule has 1 saturated heterocycles. The van der Waals surface area contributed by atoms with Crippen LogP contribution < -0.4 is 0 Å². The van der Waals surface area contributed by atoms with E-state index >= 15 is 0 Å². The van der Waals surface area contributed by atoms with Crippen LogP contribution in [-0.2, 0) is 14.3 Å². The molecule has 2 aromatic rings. The fourth-order valence-corrected chi connectivity index (χ4v) is 4.14. The van der Waals surface area contributed by atoms with Crippen molar-refractivity contribution in [3.8, 4) is 5.69 Å². The first-order valence-corrected chi connectivity index (χ1v) is 10.8. The number of ether oxygens (including phenoxy) is 1. The third kappa shape index (κ3) is 5.06. The normalized spacial score (nSPS) is 15.1. The van der Waals surface area contributed by atoms with Gasteiger partial charge in [0.2, 0.25) is 11.7 Å². The van der Waals surface area contributed by atoms with Crippen LogP contribution >= 0.6 is 0 Å². The van der Waals surface area contributed by atoms with Crippen molar-refractivity contribution in [2.24, 2.45) is 11.3 Å². The minimum Gasteiger partial charge on any atom is -0.457 e. The highest BCUT2D eigenvalue weighted by atomic mass is 16.5. The predicted molar refractivity (Wildman–Crippen MR) is 119 cm³/mol. The van der Waals surface area contributed by atoms with Gasteiger partial charge in [-0.25, -0.2) is 0 Å². The third-order valence-electron chi connectivity index (χ3n) is 5.85. The molecule has 0 spiro atoms. The predicted octanol–water partition coefficient (Wildman–Crippen LogP) is 4.10. The highest BCUT2D eigenvalue weighted by molar-refractivity contribution is 5.99. The highest BCUT2D eigenvalue weighted by Gasteiger charge is 2.33. The van der Waals surface area contributed by atoms with Gasteiger partial charge in [0, 0.05) is 41.1 Å². The number of hydrogen-bond donors (Lipinski definition) is 0. The van der Waals surface area contributed by atoms with Gasteiger partial charge in [0.15, 0.2) is 6.61 Å². The molecule has 1 aliphatic heterocycles. The van der Waals surface area contributed by atoms with Crippen LogP contribution in [0.4, 0.5) is 0 Å². The number of piperidine rings is 1. The molecule has 1 amide bonds. The molecule has 166 valence electrons. The first kappa shape index (κ1) is 22.8. The summed E-state index contributed by atoms with van der Waals surface area (Å²) in [5.41, 5.74) is 2.92. The first-order valence-electron chi connectivity index (χ1n) is 10.8. The molecular weight excluding hydrogens is 392 g/mol. The van der Waals surface area contributed by atoms with E-state index in [1.165, 1.54) is 0 Å². The van der Waals surface area contributed by atoms with Gasteiger partial charge >= 0.3 is 5.97 Å². The summed E-state index contributed by atoms with van der Waals surface area (Å²) in [6.45, 7) is 10.4. The molecule has 0 N–H and O–H groups in total. The molecule has 6 heteroatoms. The summed E-state index contributed by atoms with van der Waals surface area (Å²) in [5, 5.41) is 0. The van der Waals surface area contributed by atoms with Crippen molar-refractivity contribution in [3.05, 3.63) is 53.3 Å². The number of aryl methyl sites for hydroxylation is 1. The fourth-order valence-electron chi connectivity index (χ4n) is 4.14. The van der Waals surface area contributed by atoms with Crippen LogP contribution in [0.1, 0.15) is 55.4 Å². The number of aromatic nitrogens is 1. The van der Waals surface area contributed by atoms with Crippen molar-refractivity contribution in [1.82, 2.24) is 9.47 Å². The molecule has 0 aliphatic carbocycles. The van der Waals surface area contributed by atoms with E-state index in [0.717, 1.165) is 17.1 Å². The maximum absolute atomic E-state index is 12.8. The summed E-state index contributed by atoms with van der Waals surface area (Å²) in [4.78, 5) is 39.5. The van der Waals surface area contributed by atoms with Gasteiger partial charge < -0.3 is 14.2 Å². The Morgan fingerprint density at radius 1 is 1.03 bits per heavy atom. The number of rotatable bonds is 5. The van der Waals surface area contributed by atoms with Gasteiger partial charge in [-0.2, -0.15) is 0 Å². The lowest BCUT2D eigenvalue weighted by atomic mass is 9.91. The third-order valence-corrected chi connectivity index (χ3v) is 5.85. The summed E-state index contributed by atoms with van der Waals surface area (Å²) in [6, 6.07) is 11.7. The molecule has 31 heavy (non-hydrogen) atoms. The SMILES string of the molecule is Cc1cc(C(=O)COC(=O)C2CCN(C(=O)C(C)(C)C)CC2)c(C)n1-c1ccccc1. The summed E-state index contributed by atoms with van der Waals surface area (Å²) in [6.07, 6.45) is 1.13. The van der Waals surface area contributed by atoms with Crippen molar-refractivity contribution in [1.29, 1.82) is 0 Å². The molecule has 0 radical (unpaired) electrons. The fraction of sp³-hybridized carbons (Fsp3) is 0.480. The van der Waals surface area contributed by atoms with Gasteiger partial charge in [-0.1, -0.05) is 39.0 Å². The van der Waals surface area contributed by atoms with Crippen molar-refractivity contribution < 1.29 is 19.1 Å². The summed E-state index contributed by atoms with van der Waals surface area (Å²) in [7, 11) is 0. The molecule has 1 aliphatic rings. The quantitative estimate of drug-likeness (QED) is 0.535. The average Bonchev–Trinajstić information content (AvgIpc) is 3.05. The number of nitrogens with zero attached hydrogens (tertiary/aromatic N) is 2. The van der Waals surface area contributed by atoms with Crippen LogP contribution in [0.3, 0.4) is 0 Å². The Balaban J connectivity index is 1.57. The zero-order chi connectivity index (χ0) is 22.8. The topological polar surface area (TPSA) is 68.6 Å². The number of carbonyl (C=O) groups excluding carboxylic acids is 3. The Bertz CT molecular complexity index is 961. The van der Waals surface area contributed by atoms with Crippen molar-refractivity contribution in [2.45, 2.75) is 47.5 Å². The lowest BCUT2D eigenvalue weighted by molar-refractivity contribution is -0.152. The van der Waals surface area contributed by atoms with E-state index in [9.17, 15) is 14.4 Å². The second kappa shape index (κ2) is 9.08. The Hall–Kier alpha value is -2.89. The van der Waals surface area contributed by atoms with Crippen molar-refractivity contribution in [2.75, 3.05) is 19.7 Å². The van der Waals surface area contributed by atoms with Crippen LogP contribution in [-0.4, -0.2) is 46.8 Å². The lowest BCUT2D eigenvalue weighted by Crippen LogP contribution is -2.45. The molecule has 1 fully saturated rings. The summed E-state index contributed by atoms with van der Waals surface area (Å²) in [5.74, 6) is -0.728. The monoisotopic (exact) mass is 424 g/mol. The molecular formula is C25H32N2O4. The van der Waals surface area contributed by atoms with Crippen LogP contribution in [0.25, 0.3) is 5.69 Å². The van der Waals surface area contributed by atoms with E-state index in [0.29, 0.717) is 31.5 Å². The van der Waals surface area contributed by atoms with Gasteiger partial charge in [0.1, 0.15) is 0 Å². The Morgan fingerprint density at radius 2 is 1.65 bits per heavy atom. The van der Waals surface area contributed by atoms with E-state index in [-0.39, 0.29) is 30.2 Å². The average molecular weight is 425 g/mol. The summed E-state index contributed by atoms with van der Waals surface area (Å²) >= 11 is 0. The highest BCUT2D eigenvalue weighted by Crippen LogP contribution is 2.25. The maximum atomic E-state index is 12.8. The van der Waals surface area contributed by atoms with E-state index in [4.69, 9.17) is 4.74 Å². The molecule has 1 aromatic heterocycles. The number of hydrogen-bond acceptors (Lipinski definition) is 4. The number of para-hydroxylation sites is 1. The van der Waals surface area contributed by atoms with Gasteiger partial charge in [-0.15, -0.1) is 0 Å². The first-order chi connectivity index (χ1) is 14.6. The van der Waals surface area contributed by atoms with E-state index in [1.54, 1.807) is 0 Å². The zero-order valence-electron chi connectivity index (χ0n) is 19.1. The second-order valence-corrected chi connectivity index (χ2v) is 9.30. The van der Waals surface area contributed by atoms with Gasteiger partial charge in [0.05, 0.1) is 5.92 Å². The molecule has 2 heterocycles. The van der Waals surface area contributed by atoms with E-state index < -0.39 is 5.41 Å². The smallest absolute Gasteiger partial charge is 0.309 e. The molecule has 0 unspecified atom stereocenters. The number of ketones is 1. The number of amides is 1. The van der Waals surface area contributed by atoms with Crippen LogP contribution in [0.15, 0.2) is 36.4 Å². The van der Waals surface area contributed by atoms with Gasteiger partial charge in [0.25, 0.3) is 0 Å². The largest absolute Gasteiger partial charge is 0.457 e. The number of esters is 1. The number of likely N-dealkylation sites (tertiary alicyclic amines) is 1. The second-order valence-electron chi connectivity index (χ2n) is 9.30. The minimum atomic E-state index is -0.425. The number of benzene rings is 1. The van der Waals surface area contributed by atoms with Gasteiger partial charge in [-0.05, 0) is 44.9 Å². The van der Waals surface area contributed by atoms with E-state index in [2.05, 4.69) is 0 Å². The molecule has 6 nitrogen and oxygen atoms in total. The van der Waals surface area contributed by atoms with Crippen LogP contribution in [0.5, 0.6) is 0 Å². The minimum absolute atomic E-state index is 0.100. The standard InChI is InChI=1S/C25H32N2O4/c1-17-15-21(18(2)27(17)20-9-7-6-8-10-20)22(28)16-31-23(29)19-11-13-26(14-12-19)24(30)25(3,4)5/h6-10,15,19H,11-14,16H2,1-5H3. The molecule has 1 aromatic carbocycles. The zero-order valence-corrected chi connectivity index (χ0v) is 19.1. The lowest BCUT2D eigenvalue weighted by Gasteiger charge is -2.34. The van der Waals surface area contributed by atoms with E-state index in [1.807, 2.05) is 80.5 Å². The number of Topliss-reactive ketones (excluding diaryl/α,β-unsaturated/α-hetero) is 1.